The Hall–Kier alpha value is -2.62. The Balaban J connectivity index is 2.06. The first kappa shape index (κ1) is 17.7. The first-order valence-electron chi connectivity index (χ1n) is 8.04. The van der Waals surface area contributed by atoms with Gasteiger partial charge >= 0.3 is 0 Å². The van der Waals surface area contributed by atoms with Crippen molar-refractivity contribution in [1.29, 1.82) is 0 Å². The third kappa shape index (κ3) is 4.69. The minimum atomic E-state index is -0.188. The van der Waals surface area contributed by atoms with Gasteiger partial charge in [-0.1, -0.05) is 42.0 Å². The van der Waals surface area contributed by atoms with E-state index in [9.17, 15) is 9.59 Å². The molecule has 0 unspecified atom stereocenters. The van der Waals surface area contributed by atoms with Crippen LogP contribution >= 0.6 is 0 Å². The highest BCUT2D eigenvalue weighted by Gasteiger charge is 2.15. The fraction of sp³-hybridized carbons (Fsp3) is 0.300. The second kappa shape index (κ2) is 7.77. The molecule has 0 atom stereocenters. The van der Waals surface area contributed by atoms with Crippen LogP contribution < -0.4 is 5.32 Å². The predicted molar refractivity (Wildman–Crippen MR) is 96.8 cm³/mol. The number of rotatable bonds is 5. The highest BCUT2D eigenvalue weighted by Crippen LogP contribution is 2.18. The normalized spacial score (nSPS) is 10.3. The maximum Gasteiger partial charge on any atom is 0.244 e. The van der Waals surface area contributed by atoms with Gasteiger partial charge < -0.3 is 10.2 Å². The van der Waals surface area contributed by atoms with E-state index in [1.807, 2.05) is 63.2 Å². The zero-order valence-corrected chi connectivity index (χ0v) is 14.7. The van der Waals surface area contributed by atoms with Gasteiger partial charge in [0.15, 0.2) is 0 Å². The lowest BCUT2D eigenvalue weighted by Crippen LogP contribution is -2.36. The van der Waals surface area contributed by atoms with Crippen LogP contribution in [0, 0.1) is 20.8 Å². The maximum atomic E-state index is 12.3. The fourth-order valence-electron chi connectivity index (χ4n) is 2.56. The summed E-state index contributed by atoms with van der Waals surface area (Å²) in [7, 11) is 0. The molecular formula is C20H24N2O2. The van der Waals surface area contributed by atoms with Gasteiger partial charge in [0.2, 0.25) is 11.8 Å². The van der Waals surface area contributed by atoms with Crippen molar-refractivity contribution in [3.05, 3.63) is 64.7 Å². The van der Waals surface area contributed by atoms with E-state index in [1.165, 1.54) is 6.92 Å². The molecule has 2 aromatic rings. The Morgan fingerprint density at radius 3 is 2.42 bits per heavy atom. The molecule has 126 valence electrons. The third-order valence-electron chi connectivity index (χ3n) is 4.11. The predicted octanol–water partition coefficient (Wildman–Crippen LogP) is 3.60. The number of aryl methyl sites for hydroxylation is 2. The summed E-state index contributed by atoms with van der Waals surface area (Å²) in [6.07, 6.45) is 0. The van der Waals surface area contributed by atoms with Gasteiger partial charge in [-0.05, 0) is 43.5 Å². The Kier molecular flexibility index (Phi) is 5.74. The van der Waals surface area contributed by atoms with Gasteiger partial charge in [-0.2, -0.15) is 0 Å². The molecule has 0 aliphatic carbocycles. The molecule has 24 heavy (non-hydrogen) atoms. The Morgan fingerprint density at radius 1 is 1.04 bits per heavy atom. The lowest BCUT2D eigenvalue weighted by Gasteiger charge is -2.21. The molecule has 4 nitrogen and oxygen atoms in total. The van der Waals surface area contributed by atoms with E-state index >= 15 is 0 Å². The van der Waals surface area contributed by atoms with E-state index in [0.717, 1.165) is 27.9 Å². The van der Waals surface area contributed by atoms with Gasteiger partial charge in [0.1, 0.15) is 6.54 Å². The Bertz CT molecular complexity index is 753. The van der Waals surface area contributed by atoms with Gasteiger partial charge in [-0.15, -0.1) is 0 Å². The summed E-state index contributed by atoms with van der Waals surface area (Å²) in [6, 6.07) is 13.7. The number of nitrogens with one attached hydrogen (secondary N) is 1. The first-order valence-corrected chi connectivity index (χ1v) is 8.04. The molecule has 0 fully saturated rings. The molecule has 1 N–H and O–H groups in total. The van der Waals surface area contributed by atoms with Crippen LogP contribution in [0.2, 0.25) is 0 Å². The number of anilines is 1. The molecule has 0 saturated carbocycles. The summed E-state index contributed by atoms with van der Waals surface area (Å²) in [6.45, 7) is 7.94. The molecule has 4 heteroatoms. The molecule has 0 spiro atoms. The van der Waals surface area contributed by atoms with E-state index in [2.05, 4.69) is 5.32 Å². The van der Waals surface area contributed by atoms with Crippen molar-refractivity contribution < 1.29 is 9.59 Å². The van der Waals surface area contributed by atoms with E-state index in [-0.39, 0.29) is 18.4 Å². The summed E-state index contributed by atoms with van der Waals surface area (Å²) >= 11 is 0. The van der Waals surface area contributed by atoms with E-state index in [1.54, 1.807) is 4.90 Å². The summed E-state index contributed by atoms with van der Waals surface area (Å²) in [5.74, 6) is -0.306. The summed E-state index contributed by atoms with van der Waals surface area (Å²) < 4.78 is 0. The monoisotopic (exact) mass is 324 g/mol. The smallest absolute Gasteiger partial charge is 0.244 e. The van der Waals surface area contributed by atoms with Gasteiger partial charge in [-0.25, -0.2) is 0 Å². The molecule has 2 rings (SSSR count). The van der Waals surface area contributed by atoms with Crippen molar-refractivity contribution in [2.75, 3.05) is 11.9 Å². The molecule has 0 aromatic heterocycles. The fourth-order valence-corrected chi connectivity index (χ4v) is 2.56. The van der Waals surface area contributed by atoms with Gasteiger partial charge in [-0.3, -0.25) is 9.59 Å². The molecule has 0 bridgehead atoms. The number of hydrogen-bond donors (Lipinski definition) is 1. The van der Waals surface area contributed by atoms with Crippen LogP contribution in [0.15, 0.2) is 42.5 Å². The summed E-state index contributed by atoms with van der Waals surface area (Å²) in [5, 5.41) is 2.90. The maximum absolute atomic E-state index is 12.3. The number of benzene rings is 2. The lowest BCUT2D eigenvalue weighted by atomic mass is 10.1. The minimum absolute atomic E-state index is 0.0384. The molecule has 2 amide bonds. The van der Waals surface area contributed by atoms with Crippen molar-refractivity contribution in [3.8, 4) is 0 Å². The van der Waals surface area contributed by atoms with E-state index in [4.69, 9.17) is 0 Å². The first-order chi connectivity index (χ1) is 11.4. The molecule has 0 radical (unpaired) electrons. The summed E-state index contributed by atoms with van der Waals surface area (Å²) in [4.78, 5) is 25.8. The van der Waals surface area contributed by atoms with Crippen LogP contribution in [0.4, 0.5) is 5.69 Å². The molecule has 2 aromatic carbocycles. The number of carbonyl (C=O) groups excluding carboxylic acids is 2. The highest BCUT2D eigenvalue weighted by molar-refractivity contribution is 5.95. The molecule has 0 heterocycles. The van der Waals surface area contributed by atoms with Crippen molar-refractivity contribution in [1.82, 2.24) is 4.90 Å². The SMILES string of the molecule is CC(=O)N(CC(=O)Nc1cccc(C)c1C)Cc1cccc(C)c1. The number of carbonyl (C=O) groups is 2. The zero-order chi connectivity index (χ0) is 17.7. The van der Waals surface area contributed by atoms with E-state index in [0.29, 0.717) is 6.54 Å². The molecule has 0 aliphatic rings. The molecule has 0 aliphatic heterocycles. The van der Waals surface area contributed by atoms with Crippen LogP contribution in [0.25, 0.3) is 0 Å². The van der Waals surface area contributed by atoms with Gasteiger partial charge in [0.25, 0.3) is 0 Å². The van der Waals surface area contributed by atoms with Crippen LogP contribution in [-0.2, 0) is 16.1 Å². The number of amides is 2. The largest absolute Gasteiger partial charge is 0.329 e. The summed E-state index contributed by atoms with van der Waals surface area (Å²) in [5.41, 5.74) is 5.11. The second-order valence-electron chi connectivity index (χ2n) is 6.16. The topological polar surface area (TPSA) is 49.4 Å². The van der Waals surface area contributed by atoms with Crippen molar-refractivity contribution in [3.63, 3.8) is 0 Å². The number of nitrogens with zero attached hydrogens (tertiary/aromatic N) is 1. The minimum Gasteiger partial charge on any atom is -0.329 e. The second-order valence-corrected chi connectivity index (χ2v) is 6.16. The standard InChI is InChI=1S/C20H24N2O2/c1-14-7-5-9-18(11-14)12-22(17(4)23)13-20(24)21-19-10-6-8-15(2)16(19)3/h5-11H,12-13H2,1-4H3,(H,21,24). The zero-order valence-electron chi connectivity index (χ0n) is 14.7. The molecule has 0 saturated heterocycles. The van der Waals surface area contributed by atoms with Crippen molar-refractivity contribution in [2.45, 2.75) is 34.2 Å². The Morgan fingerprint density at radius 2 is 1.75 bits per heavy atom. The van der Waals surface area contributed by atoms with Crippen molar-refractivity contribution in [2.24, 2.45) is 0 Å². The lowest BCUT2D eigenvalue weighted by molar-refractivity contribution is -0.133. The highest BCUT2D eigenvalue weighted by atomic mass is 16.2. The van der Waals surface area contributed by atoms with Crippen LogP contribution in [0.3, 0.4) is 0 Å². The average molecular weight is 324 g/mol. The average Bonchev–Trinajstić information content (AvgIpc) is 2.51. The van der Waals surface area contributed by atoms with Gasteiger partial charge in [0.05, 0.1) is 0 Å². The Labute approximate surface area is 143 Å². The van der Waals surface area contributed by atoms with E-state index < -0.39 is 0 Å². The van der Waals surface area contributed by atoms with Crippen LogP contribution in [0.1, 0.15) is 29.2 Å². The van der Waals surface area contributed by atoms with Crippen LogP contribution in [0.5, 0.6) is 0 Å². The third-order valence-corrected chi connectivity index (χ3v) is 4.11. The van der Waals surface area contributed by atoms with Crippen LogP contribution in [-0.4, -0.2) is 23.3 Å². The van der Waals surface area contributed by atoms with Crippen molar-refractivity contribution >= 4 is 17.5 Å². The van der Waals surface area contributed by atoms with Gasteiger partial charge in [0, 0.05) is 19.2 Å². The quantitative estimate of drug-likeness (QED) is 0.913. The molecular weight excluding hydrogens is 300 g/mol. The number of hydrogen-bond acceptors (Lipinski definition) is 2.